The SMILES string of the molecule is Cc1c(C(=O)NNC(=O)/C=C/c2c(Cl)cccc2Cl)oc2ccccc12. The van der Waals surface area contributed by atoms with E-state index in [0.29, 0.717) is 26.8 Å². The molecule has 0 unspecified atom stereocenters. The summed E-state index contributed by atoms with van der Waals surface area (Å²) in [6.07, 6.45) is 2.69. The van der Waals surface area contributed by atoms with Crippen LogP contribution in [0.1, 0.15) is 21.7 Å². The van der Waals surface area contributed by atoms with E-state index in [1.54, 1.807) is 31.2 Å². The Morgan fingerprint density at radius 3 is 2.38 bits per heavy atom. The maximum atomic E-state index is 12.2. The number of hydrazine groups is 1. The number of carbonyl (C=O) groups excluding carboxylic acids is 2. The van der Waals surface area contributed by atoms with Gasteiger partial charge in [-0.3, -0.25) is 20.4 Å². The van der Waals surface area contributed by atoms with Crippen LogP contribution in [0.5, 0.6) is 0 Å². The Labute approximate surface area is 159 Å². The zero-order valence-corrected chi connectivity index (χ0v) is 15.2. The summed E-state index contributed by atoms with van der Waals surface area (Å²) >= 11 is 12.1. The number of aryl methyl sites for hydroxylation is 1. The standard InChI is InChI=1S/C19H14Cl2N2O3/c1-11-12-5-2-3-8-16(12)26-18(11)19(25)23-22-17(24)10-9-13-14(20)6-4-7-15(13)21/h2-10H,1H3,(H,22,24)(H,23,25)/b10-9+. The Morgan fingerprint density at radius 2 is 1.69 bits per heavy atom. The van der Waals surface area contributed by atoms with Crippen LogP contribution in [-0.2, 0) is 4.79 Å². The lowest BCUT2D eigenvalue weighted by atomic mass is 10.1. The van der Waals surface area contributed by atoms with Crippen LogP contribution < -0.4 is 10.9 Å². The Bertz CT molecular complexity index is 1000. The van der Waals surface area contributed by atoms with Gasteiger partial charge in [0.05, 0.1) is 0 Å². The first-order valence-electron chi connectivity index (χ1n) is 7.68. The summed E-state index contributed by atoms with van der Waals surface area (Å²) in [7, 11) is 0. The molecule has 1 heterocycles. The minimum atomic E-state index is -0.545. The van der Waals surface area contributed by atoms with Crippen molar-refractivity contribution in [1.82, 2.24) is 10.9 Å². The molecule has 0 atom stereocenters. The van der Waals surface area contributed by atoms with Crippen molar-refractivity contribution in [2.75, 3.05) is 0 Å². The number of hydrogen-bond acceptors (Lipinski definition) is 3. The molecule has 2 amide bonds. The van der Waals surface area contributed by atoms with Crippen LogP contribution in [0, 0.1) is 6.92 Å². The molecular formula is C19H14Cl2N2O3. The second kappa shape index (κ2) is 7.64. The highest BCUT2D eigenvalue weighted by atomic mass is 35.5. The minimum Gasteiger partial charge on any atom is -0.451 e. The average molecular weight is 389 g/mol. The monoisotopic (exact) mass is 388 g/mol. The van der Waals surface area contributed by atoms with Gasteiger partial charge >= 0.3 is 5.91 Å². The third kappa shape index (κ3) is 3.74. The van der Waals surface area contributed by atoms with Gasteiger partial charge in [0, 0.05) is 32.6 Å². The smallest absolute Gasteiger partial charge is 0.305 e. The van der Waals surface area contributed by atoms with E-state index in [4.69, 9.17) is 27.6 Å². The summed E-state index contributed by atoms with van der Waals surface area (Å²) < 4.78 is 5.54. The second-order valence-electron chi connectivity index (χ2n) is 5.46. The highest BCUT2D eigenvalue weighted by molar-refractivity contribution is 6.37. The molecular weight excluding hydrogens is 375 g/mol. The molecule has 2 aromatic carbocycles. The van der Waals surface area contributed by atoms with Gasteiger partial charge in [0.1, 0.15) is 5.58 Å². The first-order chi connectivity index (χ1) is 12.5. The third-order valence-corrected chi connectivity index (χ3v) is 4.41. The lowest BCUT2D eigenvalue weighted by Gasteiger charge is -2.04. The van der Waals surface area contributed by atoms with E-state index >= 15 is 0 Å². The van der Waals surface area contributed by atoms with Crippen molar-refractivity contribution >= 4 is 52.1 Å². The summed E-state index contributed by atoms with van der Waals surface area (Å²) in [5, 5.41) is 1.68. The second-order valence-corrected chi connectivity index (χ2v) is 6.28. The fourth-order valence-electron chi connectivity index (χ4n) is 2.44. The van der Waals surface area contributed by atoms with Crippen LogP contribution in [0.15, 0.2) is 53.0 Å². The molecule has 7 heteroatoms. The number of fused-ring (bicyclic) bond motifs is 1. The molecule has 0 spiro atoms. The topological polar surface area (TPSA) is 71.3 Å². The average Bonchev–Trinajstić information content (AvgIpc) is 2.96. The number of hydrogen-bond donors (Lipinski definition) is 2. The van der Waals surface area contributed by atoms with Gasteiger partial charge in [-0.25, -0.2) is 0 Å². The van der Waals surface area contributed by atoms with Crippen molar-refractivity contribution in [1.29, 1.82) is 0 Å². The number of furan rings is 1. The number of carbonyl (C=O) groups is 2. The summed E-state index contributed by atoms with van der Waals surface area (Å²) in [5.74, 6) is -0.941. The van der Waals surface area contributed by atoms with E-state index in [1.165, 1.54) is 12.2 Å². The van der Waals surface area contributed by atoms with Gasteiger partial charge in [0.25, 0.3) is 5.91 Å². The van der Waals surface area contributed by atoms with Gasteiger partial charge in [-0.2, -0.15) is 0 Å². The molecule has 2 N–H and O–H groups in total. The fraction of sp³-hybridized carbons (Fsp3) is 0.0526. The van der Waals surface area contributed by atoms with Crippen molar-refractivity contribution in [3.63, 3.8) is 0 Å². The molecule has 0 aliphatic rings. The van der Waals surface area contributed by atoms with Gasteiger partial charge in [0.15, 0.2) is 5.76 Å². The number of halogens is 2. The zero-order valence-electron chi connectivity index (χ0n) is 13.7. The van der Waals surface area contributed by atoms with E-state index in [0.717, 1.165) is 5.39 Å². The van der Waals surface area contributed by atoms with Crippen molar-refractivity contribution in [2.24, 2.45) is 0 Å². The van der Waals surface area contributed by atoms with Crippen LogP contribution in [0.25, 0.3) is 17.0 Å². The number of amides is 2. The van der Waals surface area contributed by atoms with Gasteiger partial charge in [-0.05, 0) is 31.2 Å². The molecule has 26 heavy (non-hydrogen) atoms. The highest BCUT2D eigenvalue weighted by Gasteiger charge is 2.17. The molecule has 132 valence electrons. The van der Waals surface area contributed by atoms with Gasteiger partial charge in [-0.15, -0.1) is 0 Å². The Hall–Kier alpha value is -2.76. The molecule has 1 aromatic heterocycles. The summed E-state index contributed by atoms with van der Waals surface area (Å²) in [4.78, 5) is 24.1. The van der Waals surface area contributed by atoms with Gasteiger partial charge in [-0.1, -0.05) is 47.5 Å². The lowest BCUT2D eigenvalue weighted by Crippen LogP contribution is -2.40. The van der Waals surface area contributed by atoms with E-state index < -0.39 is 11.8 Å². The van der Waals surface area contributed by atoms with Gasteiger partial charge in [0.2, 0.25) is 0 Å². The normalized spacial score (nSPS) is 11.0. The Morgan fingerprint density at radius 1 is 1.00 bits per heavy atom. The predicted octanol–water partition coefficient (Wildman–Crippen LogP) is 4.52. The van der Waals surface area contributed by atoms with Crippen LogP contribution in [-0.4, -0.2) is 11.8 Å². The fourth-order valence-corrected chi connectivity index (χ4v) is 2.96. The molecule has 3 rings (SSSR count). The van der Waals surface area contributed by atoms with Crippen LogP contribution in [0.2, 0.25) is 10.0 Å². The molecule has 0 aliphatic heterocycles. The summed E-state index contributed by atoms with van der Waals surface area (Å²) in [6, 6.07) is 12.3. The minimum absolute atomic E-state index is 0.143. The molecule has 0 radical (unpaired) electrons. The maximum Gasteiger partial charge on any atom is 0.305 e. The summed E-state index contributed by atoms with van der Waals surface area (Å²) in [5.41, 5.74) is 6.43. The molecule has 5 nitrogen and oxygen atoms in total. The number of para-hydroxylation sites is 1. The van der Waals surface area contributed by atoms with Crippen LogP contribution >= 0.6 is 23.2 Å². The predicted molar refractivity (Wildman–Crippen MR) is 102 cm³/mol. The van der Waals surface area contributed by atoms with E-state index in [9.17, 15) is 9.59 Å². The Kier molecular flexibility index (Phi) is 5.30. The molecule has 0 saturated heterocycles. The van der Waals surface area contributed by atoms with E-state index in [1.807, 2.05) is 18.2 Å². The maximum absolute atomic E-state index is 12.2. The highest BCUT2D eigenvalue weighted by Crippen LogP contribution is 2.26. The van der Waals surface area contributed by atoms with E-state index in [2.05, 4.69) is 10.9 Å². The first-order valence-corrected chi connectivity index (χ1v) is 8.43. The van der Waals surface area contributed by atoms with Crippen molar-refractivity contribution < 1.29 is 14.0 Å². The number of nitrogens with one attached hydrogen (secondary N) is 2. The third-order valence-electron chi connectivity index (χ3n) is 3.75. The van der Waals surface area contributed by atoms with Crippen molar-refractivity contribution in [3.8, 4) is 0 Å². The zero-order chi connectivity index (χ0) is 18.7. The number of rotatable bonds is 3. The van der Waals surface area contributed by atoms with Crippen molar-refractivity contribution in [2.45, 2.75) is 6.92 Å². The molecule has 0 fully saturated rings. The molecule has 0 aliphatic carbocycles. The number of benzene rings is 2. The van der Waals surface area contributed by atoms with Crippen molar-refractivity contribution in [3.05, 3.63) is 75.5 Å². The summed E-state index contributed by atoms with van der Waals surface area (Å²) in [6.45, 7) is 1.78. The molecule has 0 saturated carbocycles. The molecule has 3 aromatic rings. The largest absolute Gasteiger partial charge is 0.451 e. The Balaban J connectivity index is 1.66. The van der Waals surface area contributed by atoms with Crippen LogP contribution in [0.4, 0.5) is 0 Å². The van der Waals surface area contributed by atoms with Crippen LogP contribution in [0.3, 0.4) is 0 Å². The molecule has 0 bridgehead atoms. The van der Waals surface area contributed by atoms with E-state index in [-0.39, 0.29) is 5.76 Å². The quantitative estimate of drug-likeness (QED) is 0.511. The van der Waals surface area contributed by atoms with Gasteiger partial charge < -0.3 is 4.42 Å². The lowest BCUT2D eigenvalue weighted by molar-refractivity contribution is -0.117. The first kappa shape index (κ1) is 18.0.